The van der Waals surface area contributed by atoms with Gasteiger partial charge in [0.25, 0.3) is 0 Å². The van der Waals surface area contributed by atoms with Crippen molar-refractivity contribution >= 4 is 0 Å². The normalized spacial score (nSPS) is 28.6. The Morgan fingerprint density at radius 1 is 1.25 bits per heavy atom. The van der Waals surface area contributed by atoms with Gasteiger partial charge >= 0.3 is 0 Å². The van der Waals surface area contributed by atoms with Crippen molar-refractivity contribution in [3.8, 4) is 0 Å². The van der Waals surface area contributed by atoms with Crippen LogP contribution < -0.4 is 0 Å². The quantitative estimate of drug-likeness (QED) is 0.917. The van der Waals surface area contributed by atoms with E-state index >= 15 is 0 Å². The summed E-state index contributed by atoms with van der Waals surface area (Å²) in [5.74, 6) is -0.652. The highest BCUT2D eigenvalue weighted by Crippen LogP contribution is 2.44. The van der Waals surface area contributed by atoms with E-state index in [1.165, 1.54) is 12.1 Å². The second-order valence-corrected chi connectivity index (χ2v) is 6.25. The van der Waals surface area contributed by atoms with Crippen molar-refractivity contribution in [2.45, 2.75) is 44.2 Å². The molecule has 0 bridgehead atoms. The van der Waals surface area contributed by atoms with Crippen LogP contribution in [-0.2, 0) is 0 Å². The molecule has 1 fully saturated rings. The first-order chi connectivity index (χ1) is 9.36. The maximum atomic E-state index is 13.9. The molecule has 4 heteroatoms. The van der Waals surface area contributed by atoms with E-state index in [0.29, 0.717) is 5.92 Å². The maximum absolute atomic E-state index is 13.9. The number of likely N-dealkylation sites (N-methyl/N-ethyl adjacent to an activating group) is 1. The number of hydrogen-bond donors (Lipinski definition) is 1. The van der Waals surface area contributed by atoms with E-state index < -0.39 is 23.3 Å². The minimum atomic E-state index is -0.939. The van der Waals surface area contributed by atoms with Gasteiger partial charge in [-0.3, -0.25) is 0 Å². The first kappa shape index (κ1) is 15.4. The summed E-state index contributed by atoms with van der Waals surface area (Å²) >= 11 is 0. The lowest BCUT2D eigenvalue weighted by molar-refractivity contribution is -0.0424. The molecular formula is C16H23F2NO. The molecule has 20 heavy (non-hydrogen) atoms. The van der Waals surface area contributed by atoms with Gasteiger partial charge in [-0.25, -0.2) is 8.78 Å². The maximum Gasteiger partial charge on any atom is 0.131 e. The molecule has 1 aliphatic rings. The molecule has 1 aliphatic carbocycles. The molecule has 0 aromatic heterocycles. The van der Waals surface area contributed by atoms with Gasteiger partial charge in [-0.15, -0.1) is 0 Å². The van der Waals surface area contributed by atoms with Crippen LogP contribution in [0.15, 0.2) is 18.2 Å². The molecule has 1 aromatic rings. The molecular weight excluding hydrogens is 260 g/mol. The Labute approximate surface area is 119 Å². The van der Waals surface area contributed by atoms with Crippen LogP contribution in [0.1, 0.15) is 44.3 Å². The number of rotatable bonds is 3. The molecule has 0 heterocycles. The smallest absolute Gasteiger partial charge is 0.131 e. The lowest BCUT2D eigenvalue weighted by Gasteiger charge is -2.47. The van der Waals surface area contributed by atoms with Gasteiger partial charge in [0.05, 0.1) is 5.54 Å². The highest BCUT2D eigenvalue weighted by Gasteiger charge is 2.43. The predicted octanol–water partition coefficient (Wildman–Crippen LogP) is 3.51. The molecule has 0 amide bonds. The van der Waals surface area contributed by atoms with Gasteiger partial charge < -0.3 is 10.0 Å². The predicted molar refractivity (Wildman–Crippen MR) is 75.4 cm³/mol. The topological polar surface area (TPSA) is 23.5 Å². The van der Waals surface area contributed by atoms with Gasteiger partial charge in [0.2, 0.25) is 0 Å². The SMILES string of the molecule is CC1CCC(C(O)c2ccc(F)cc2F)(N(C)C)CC1. The molecule has 0 aliphatic heterocycles. The van der Waals surface area contributed by atoms with Crippen molar-refractivity contribution in [3.63, 3.8) is 0 Å². The minimum absolute atomic E-state index is 0.189. The zero-order valence-electron chi connectivity index (χ0n) is 12.4. The molecule has 1 saturated carbocycles. The summed E-state index contributed by atoms with van der Waals surface area (Å²) < 4.78 is 27.0. The molecule has 2 nitrogen and oxygen atoms in total. The number of aliphatic hydroxyl groups is 1. The number of aliphatic hydroxyl groups excluding tert-OH is 1. The monoisotopic (exact) mass is 283 g/mol. The lowest BCUT2D eigenvalue weighted by atomic mass is 9.71. The fraction of sp³-hybridized carbons (Fsp3) is 0.625. The summed E-state index contributed by atoms with van der Waals surface area (Å²) in [5, 5.41) is 10.7. The van der Waals surface area contributed by atoms with Gasteiger partial charge in [0.15, 0.2) is 0 Å². The summed E-state index contributed by atoms with van der Waals surface area (Å²) in [6.07, 6.45) is 2.72. The molecule has 112 valence electrons. The highest BCUT2D eigenvalue weighted by atomic mass is 19.1. The average molecular weight is 283 g/mol. The van der Waals surface area contributed by atoms with E-state index in [2.05, 4.69) is 6.92 Å². The van der Waals surface area contributed by atoms with Crippen LogP contribution in [-0.4, -0.2) is 29.6 Å². The average Bonchev–Trinajstić information content (AvgIpc) is 2.39. The second kappa shape index (κ2) is 5.78. The van der Waals surface area contributed by atoms with E-state index in [4.69, 9.17) is 0 Å². The van der Waals surface area contributed by atoms with Gasteiger partial charge in [0.1, 0.15) is 17.7 Å². The summed E-state index contributed by atoms with van der Waals surface area (Å²) in [5.41, 5.74) is -0.278. The lowest BCUT2D eigenvalue weighted by Crippen LogP contribution is -2.51. The molecule has 1 atom stereocenters. The minimum Gasteiger partial charge on any atom is -0.386 e. The standard InChI is InChI=1S/C16H23F2NO/c1-11-6-8-16(9-7-11,19(2)3)15(20)13-5-4-12(17)10-14(13)18/h4-5,10-11,15,20H,6-9H2,1-3H3. The Morgan fingerprint density at radius 3 is 2.35 bits per heavy atom. The first-order valence-corrected chi connectivity index (χ1v) is 7.17. The van der Waals surface area contributed by atoms with Gasteiger partial charge in [0, 0.05) is 11.6 Å². The molecule has 2 rings (SSSR count). The zero-order chi connectivity index (χ0) is 14.9. The third-order valence-corrected chi connectivity index (χ3v) is 4.80. The van der Waals surface area contributed by atoms with Crippen LogP contribution in [0.25, 0.3) is 0 Å². The summed E-state index contributed by atoms with van der Waals surface area (Å²) in [6.45, 7) is 2.20. The third kappa shape index (κ3) is 2.72. The zero-order valence-corrected chi connectivity index (χ0v) is 12.4. The summed E-state index contributed by atoms with van der Waals surface area (Å²) in [4.78, 5) is 1.99. The van der Waals surface area contributed by atoms with Crippen molar-refractivity contribution in [3.05, 3.63) is 35.4 Å². The van der Waals surface area contributed by atoms with E-state index in [1.54, 1.807) is 0 Å². The van der Waals surface area contributed by atoms with E-state index in [0.717, 1.165) is 31.7 Å². The second-order valence-electron chi connectivity index (χ2n) is 6.25. The van der Waals surface area contributed by atoms with E-state index in [9.17, 15) is 13.9 Å². The van der Waals surface area contributed by atoms with E-state index in [1.807, 2.05) is 19.0 Å². The molecule has 1 N–H and O–H groups in total. The van der Waals surface area contributed by atoms with Gasteiger partial charge in [-0.05, 0) is 51.8 Å². The van der Waals surface area contributed by atoms with Crippen molar-refractivity contribution in [2.75, 3.05) is 14.1 Å². The molecule has 1 aromatic carbocycles. The van der Waals surface area contributed by atoms with E-state index in [-0.39, 0.29) is 5.56 Å². The fourth-order valence-electron chi connectivity index (χ4n) is 3.24. The number of halogens is 2. The molecule has 0 spiro atoms. The number of benzene rings is 1. The molecule has 1 unspecified atom stereocenters. The van der Waals surface area contributed by atoms with Crippen LogP contribution in [0, 0.1) is 17.6 Å². The fourth-order valence-corrected chi connectivity index (χ4v) is 3.24. The van der Waals surface area contributed by atoms with Crippen molar-refractivity contribution in [2.24, 2.45) is 5.92 Å². The van der Waals surface area contributed by atoms with Crippen molar-refractivity contribution in [1.82, 2.24) is 4.90 Å². The number of nitrogens with zero attached hydrogens (tertiary/aromatic N) is 1. The Balaban J connectivity index is 2.34. The van der Waals surface area contributed by atoms with Crippen LogP contribution in [0.5, 0.6) is 0 Å². The molecule has 0 saturated heterocycles. The summed E-state index contributed by atoms with van der Waals surface area (Å²) in [7, 11) is 3.83. The van der Waals surface area contributed by atoms with Gasteiger partial charge in [-0.2, -0.15) is 0 Å². The Kier molecular flexibility index (Phi) is 4.45. The number of hydrogen-bond acceptors (Lipinski definition) is 2. The largest absolute Gasteiger partial charge is 0.386 e. The Hall–Kier alpha value is -1.00. The first-order valence-electron chi connectivity index (χ1n) is 7.17. The van der Waals surface area contributed by atoms with Crippen LogP contribution >= 0.6 is 0 Å². The third-order valence-electron chi connectivity index (χ3n) is 4.80. The Morgan fingerprint density at radius 2 is 1.85 bits per heavy atom. The summed E-state index contributed by atoms with van der Waals surface area (Å²) in [6, 6.07) is 3.41. The van der Waals surface area contributed by atoms with Crippen molar-refractivity contribution < 1.29 is 13.9 Å². The highest BCUT2D eigenvalue weighted by molar-refractivity contribution is 5.24. The van der Waals surface area contributed by atoms with Crippen LogP contribution in [0.4, 0.5) is 8.78 Å². The van der Waals surface area contributed by atoms with Crippen molar-refractivity contribution in [1.29, 1.82) is 0 Å². The van der Waals surface area contributed by atoms with Gasteiger partial charge in [-0.1, -0.05) is 13.0 Å². The van der Waals surface area contributed by atoms with Crippen LogP contribution in [0.3, 0.4) is 0 Å². The Bertz CT molecular complexity index is 468. The molecule has 0 radical (unpaired) electrons. The van der Waals surface area contributed by atoms with Crippen LogP contribution in [0.2, 0.25) is 0 Å².